The van der Waals surface area contributed by atoms with E-state index in [0.29, 0.717) is 0 Å². The first kappa shape index (κ1) is 16.2. The Labute approximate surface area is 109 Å². The molecule has 0 bridgehead atoms. The summed E-state index contributed by atoms with van der Waals surface area (Å²) >= 11 is 0. The van der Waals surface area contributed by atoms with Crippen molar-refractivity contribution in [1.29, 1.82) is 0 Å². The Kier molecular flexibility index (Phi) is 5.19. The van der Waals surface area contributed by atoms with Gasteiger partial charge in [0.05, 0.1) is 17.7 Å². The first-order valence-corrected chi connectivity index (χ1v) is 7.91. The van der Waals surface area contributed by atoms with E-state index in [2.05, 4.69) is 10.6 Å². The third-order valence-electron chi connectivity index (χ3n) is 2.97. The summed E-state index contributed by atoms with van der Waals surface area (Å²) in [6.45, 7) is -0.313. The molecule has 0 saturated carbocycles. The summed E-state index contributed by atoms with van der Waals surface area (Å²) < 4.78 is 58.9. The van der Waals surface area contributed by atoms with Crippen molar-refractivity contribution in [1.82, 2.24) is 10.6 Å². The summed E-state index contributed by atoms with van der Waals surface area (Å²) in [4.78, 5) is 11.6. The fraction of sp³-hybridized carbons (Fsp3) is 0.900. The van der Waals surface area contributed by atoms with Gasteiger partial charge in [-0.3, -0.25) is 4.79 Å². The van der Waals surface area contributed by atoms with Crippen molar-refractivity contribution in [2.24, 2.45) is 5.92 Å². The quantitative estimate of drug-likeness (QED) is 0.771. The van der Waals surface area contributed by atoms with Crippen LogP contribution in [0.15, 0.2) is 0 Å². The van der Waals surface area contributed by atoms with E-state index < -0.39 is 33.9 Å². The monoisotopic (exact) mass is 302 g/mol. The maximum Gasteiger partial charge on any atom is 0.393 e. The number of nitrogens with one attached hydrogen (secondary N) is 2. The van der Waals surface area contributed by atoms with Crippen LogP contribution < -0.4 is 10.6 Å². The molecule has 112 valence electrons. The zero-order chi connectivity index (χ0) is 14.7. The normalized spacial score (nSPS) is 25.1. The van der Waals surface area contributed by atoms with E-state index in [-0.39, 0.29) is 31.7 Å². The van der Waals surface area contributed by atoms with Crippen LogP contribution in [0.3, 0.4) is 0 Å². The lowest BCUT2D eigenvalue weighted by atomic mass is 9.94. The Morgan fingerprint density at radius 2 is 2.00 bits per heavy atom. The molecule has 0 spiro atoms. The molecule has 0 radical (unpaired) electrons. The van der Waals surface area contributed by atoms with Crippen LogP contribution in [0.4, 0.5) is 13.2 Å². The average Bonchev–Trinajstić information content (AvgIpc) is 2.26. The molecule has 1 rings (SSSR count). The molecule has 19 heavy (non-hydrogen) atoms. The predicted octanol–water partition coefficient (Wildman–Crippen LogP) is 0.0777. The average molecular weight is 302 g/mol. The second-order valence-electron chi connectivity index (χ2n) is 4.70. The summed E-state index contributed by atoms with van der Waals surface area (Å²) in [6, 6.07) is -0.682. The van der Waals surface area contributed by atoms with Crippen LogP contribution in [0.1, 0.15) is 12.8 Å². The van der Waals surface area contributed by atoms with Crippen LogP contribution in [0.2, 0.25) is 0 Å². The van der Waals surface area contributed by atoms with Gasteiger partial charge in [-0.2, -0.15) is 13.2 Å². The summed E-state index contributed by atoms with van der Waals surface area (Å²) in [5.41, 5.74) is 0. The van der Waals surface area contributed by atoms with Crippen LogP contribution in [0.5, 0.6) is 0 Å². The molecule has 1 amide bonds. The molecule has 2 unspecified atom stereocenters. The Bertz CT molecular complexity index is 414. The molecule has 0 aliphatic carbocycles. The number of hydrogen-bond acceptors (Lipinski definition) is 4. The number of alkyl halides is 3. The summed E-state index contributed by atoms with van der Waals surface area (Å²) in [6.07, 6.45) is -3.20. The standard InChI is InChI=1S/C10H17F3N2O3S/c1-19(17,18)5-4-14-9(16)8-3-2-7(6-15-8)10(11,12)13/h7-8,15H,2-6H2,1H3,(H,14,16). The summed E-state index contributed by atoms with van der Waals surface area (Å²) in [5.74, 6) is -2.06. The van der Waals surface area contributed by atoms with Gasteiger partial charge in [-0.15, -0.1) is 0 Å². The van der Waals surface area contributed by atoms with E-state index in [0.717, 1.165) is 6.26 Å². The van der Waals surface area contributed by atoms with Crippen LogP contribution in [-0.4, -0.2) is 51.6 Å². The van der Waals surface area contributed by atoms with E-state index in [1.54, 1.807) is 0 Å². The van der Waals surface area contributed by atoms with Gasteiger partial charge in [-0.1, -0.05) is 0 Å². The lowest BCUT2D eigenvalue weighted by molar-refractivity contribution is -0.180. The molecule has 1 saturated heterocycles. The zero-order valence-corrected chi connectivity index (χ0v) is 11.3. The van der Waals surface area contributed by atoms with E-state index in [1.165, 1.54) is 0 Å². The second-order valence-corrected chi connectivity index (χ2v) is 6.96. The highest BCUT2D eigenvalue weighted by Gasteiger charge is 2.42. The van der Waals surface area contributed by atoms with Crippen molar-refractivity contribution in [2.45, 2.75) is 25.1 Å². The lowest BCUT2D eigenvalue weighted by Gasteiger charge is -2.30. The molecule has 5 nitrogen and oxygen atoms in total. The molecular weight excluding hydrogens is 285 g/mol. The van der Waals surface area contributed by atoms with Gasteiger partial charge in [0.15, 0.2) is 0 Å². The fourth-order valence-electron chi connectivity index (χ4n) is 1.84. The first-order valence-electron chi connectivity index (χ1n) is 5.85. The Morgan fingerprint density at radius 3 is 2.42 bits per heavy atom. The van der Waals surface area contributed by atoms with E-state index >= 15 is 0 Å². The van der Waals surface area contributed by atoms with Crippen molar-refractivity contribution in [3.05, 3.63) is 0 Å². The van der Waals surface area contributed by atoms with Crippen LogP contribution >= 0.6 is 0 Å². The summed E-state index contributed by atoms with van der Waals surface area (Å²) in [7, 11) is -3.16. The predicted molar refractivity (Wildman–Crippen MR) is 63.3 cm³/mol. The fourth-order valence-corrected chi connectivity index (χ4v) is 2.32. The topological polar surface area (TPSA) is 75.3 Å². The van der Waals surface area contributed by atoms with Crippen LogP contribution in [-0.2, 0) is 14.6 Å². The van der Waals surface area contributed by atoms with E-state index in [1.807, 2.05) is 0 Å². The van der Waals surface area contributed by atoms with E-state index in [9.17, 15) is 26.4 Å². The van der Waals surface area contributed by atoms with Gasteiger partial charge >= 0.3 is 6.18 Å². The van der Waals surface area contributed by atoms with Crippen molar-refractivity contribution >= 4 is 15.7 Å². The Hall–Kier alpha value is -0.830. The Morgan fingerprint density at radius 1 is 1.37 bits per heavy atom. The third kappa shape index (κ3) is 5.77. The number of halogens is 3. The molecule has 1 aliphatic rings. The van der Waals surface area contributed by atoms with Crippen molar-refractivity contribution in [3.8, 4) is 0 Å². The number of hydrogen-bond donors (Lipinski definition) is 2. The highest BCUT2D eigenvalue weighted by Crippen LogP contribution is 2.31. The van der Waals surface area contributed by atoms with Gasteiger partial charge in [0.1, 0.15) is 9.84 Å². The summed E-state index contributed by atoms with van der Waals surface area (Å²) in [5, 5.41) is 4.94. The smallest absolute Gasteiger partial charge is 0.354 e. The number of carbonyl (C=O) groups excluding carboxylic acids is 1. The van der Waals surface area contributed by atoms with Gasteiger partial charge in [0, 0.05) is 19.3 Å². The highest BCUT2D eigenvalue weighted by molar-refractivity contribution is 7.90. The van der Waals surface area contributed by atoms with Gasteiger partial charge in [-0.25, -0.2) is 8.42 Å². The molecule has 1 aliphatic heterocycles. The number of amides is 1. The molecule has 0 aromatic carbocycles. The van der Waals surface area contributed by atoms with Crippen molar-refractivity contribution < 1.29 is 26.4 Å². The molecule has 0 aromatic rings. The minimum absolute atomic E-state index is 0.0292. The van der Waals surface area contributed by atoms with Gasteiger partial charge < -0.3 is 10.6 Å². The van der Waals surface area contributed by atoms with Crippen molar-refractivity contribution in [3.63, 3.8) is 0 Å². The van der Waals surface area contributed by atoms with Gasteiger partial charge in [-0.05, 0) is 12.8 Å². The minimum atomic E-state index is -4.25. The second kappa shape index (κ2) is 6.08. The third-order valence-corrected chi connectivity index (χ3v) is 3.91. The minimum Gasteiger partial charge on any atom is -0.354 e. The van der Waals surface area contributed by atoms with E-state index in [4.69, 9.17) is 0 Å². The van der Waals surface area contributed by atoms with Gasteiger partial charge in [0.25, 0.3) is 0 Å². The molecule has 2 atom stereocenters. The maximum atomic E-state index is 12.4. The van der Waals surface area contributed by atoms with Crippen LogP contribution in [0, 0.1) is 5.92 Å². The lowest BCUT2D eigenvalue weighted by Crippen LogP contribution is -2.51. The molecule has 9 heteroatoms. The Balaban J connectivity index is 2.33. The number of carbonyl (C=O) groups is 1. The molecule has 2 N–H and O–H groups in total. The molecule has 0 aromatic heterocycles. The highest BCUT2D eigenvalue weighted by atomic mass is 32.2. The SMILES string of the molecule is CS(=O)(=O)CCNC(=O)C1CCC(C(F)(F)F)CN1. The van der Waals surface area contributed by atoms with Crippen molar-refractivity contribution in [2.75, 3.05) is 25.1 Å². The number of piperidine rings is 1. The zero-order valence-electron chi connectivity index (χ0n) is 10.5. The van der Waals surface area contributed by atoms with Crippen LogP contribution in [0.25, 0.3) is 0 Å². The first-order chi connectivity index (χ1) is 8.59. The maximum absolute atomic E-state index is 12.4. The molecule has 1 heterocycles. The number of sulfone groups is 1. The van der Waals surface area contributed by atoms with Gasteiger partial charge in [0.2, 0.25) is 5.91 Å². The molecular formula is C10H17F3N2O3S. The largest absolute Gasteiger partial charge is 0.393 e. The molecule has 1 fully saturated rings. The number of rotatable bonds is 4.